The largest absolute Gasteiger partial charge is 0.454 e. The number of para-hydroxylation sites is 6. The van der Waals surface area contributed by atoms with Crippen LogP contribution < -0.4 is 0 Å². The van der Waals surface area contributed by atoms with E-state index in [1.165, 1.54) is 21.7 Å². The molecule has 674 valence electrons. The molecule has 0 atom stereocenters. The first kappa shape index (κ1) is 83.5. The van der Waals surface area contributed by atoms with Crippen molar-refractivity contribution in [1.82, 2.24) is 63.5 Å². The average molecular weight is 1850 g/mol. The zero-order valence-electron chi connectivity index (χ0n) is 77.1. The first-order valence-corrected chi connectivity index (χ1v) is 47.9. The smallest absolute Gasteiger partial charge is 0.182 e. The van der Waals surface area contributed by atoms with Crippen LogP contribution in [0.1, 0.15) is 0 Å². The van der Waals surface area contributed by atoms with Crippen molar-refractivity contribution in [2.45, 2.75) is 0 Å². The molecule has 19 aromatic carbocycles. The van der Waals surface area contributed by atoms with E-state index in [1.54, 1.807) is 6.20 Å². The second kappa shape index (κ2) is 35.3. The van der Waals surface area contributed by atoms with Gasteiger partial charge in [-0.15, -0.1) is 0 Å². The molecule has 29 aromatic rings. The Bertz CT molecular complexity index is 9940. The molecule has 10 aromatic heterocycles. The van der Waals surface area contributed by atoms with E-state index < -0.39 is 0 Å². The van der Waals surface area contributed by atoms with Gasteiger partial charge in [0.25, 0.3) is 0 Å². The van der Waals surface area contributed by atoms with Crippen molar-refractivity contribution in [1.29, 1.82) is 0 Å². The second-order valence-corrected chi connectivity index (χ2v) is 35.5. The number of benzene rings is 19. The highest BCUT2D eigenvalue weighted by Crippen LogP contribution is 2.49. The molecule has 0 saturated heterocycles. The predicted molar refractivity (Wildman–Crippen MR) is 582 cm³/mol. The van der Waals surface area contributed by atoms with Crippen molar-refractivity contribution in [3.8, 4) is 142 Å². The van der Waals surface area contributed by atoms with E-state index in [0.717, 1.165) is 193 Å². The van der Waals surface area contributed by atoms with Crippen molar-refractivity contribution < 1.29 is 13.3 Å². The lowest BCUT2D eigenvalue weighted by Gasteiger charge is -2.10. The third kappa shape index (κ3) is 14.6. The summed E-state index contributed by atoms with van der Waals surface area (Å²) in [6.45, 7) is 0. The van der Waals surface area contributed by atoms with E-state index in [0.29, 0.717) is 58.1 Å². The first-order valence-electron chi connectivity index (χ1n) is 47.9. The number of nitrogens with zero attached hydrogens (tertiary/aromatic N) is 13. The molecule has 16 heteroatoms. The van der Waals surface area contributed by atoms with Crippen LogP contribution in [0.5, 0.6) is 0 Å². The summed E-state index contributed by atoms with van der Waals surface area (Å²) in [7, 11) is 0. The van der Waals surface area contributed by atoms with Crippen molar-refractivity contribution in [2.24, 2.45) is 0 Å². The molecule has 0 spiro atoms. The average Bonchev–Trinajstić information content (AvgIpc) is 1.56. The van der Waals surface area contributed by atoms with Gasteiger partial charge in [-0.05, 0) is 131 Å². The minimum absolute atomic E-state index is 0.507. The third-order valence-electron chi connectivity index (χ3n) is 27.0. The standard InChI is InChI=1S/C45H28N4O.C44H27N5O.C39H24N4O/c1-4-13-29(14-5-1)30-23-25-32(26-24-30)44-46-43(31-15-6-2-7-16-31)47-45(48-44)37-20-12-22-39-40(37)36-28-27-35-34-19-10-11-21-38(34)49(41(35)42(36)50-39)33-17-8-3-9-18-33;1-3-13-28(14-4-1)29-15-11-16-30(27-29)42-46-43(48-44(47-42)36-21-9-10-26-45-36)35-20-12-23-38-39(35)34-25-24-33-32-19-7-8-22-37(32)49(40(33)41(34)50-38)31-17-5-2-6-18-31;1-4-13-25(14-5-1)37-40-38(26-15-6-2-7-16-26)42-39(41-37)31-20-12-22-33-34(31)30-24-23-29-28-19-10-11-21-32(28)43(35(29)36(30)44-33)27-17-8-3-9-18-27/h1-28H;1-27H;1-24H. The summed E-state index contributed by atoms with van der Waals surface area (Å²) in [5, 5.41) is 12.9. The van der Waals surface area contributed by atoms with Gasteiger partial charge in [0.05, 0.1) is 33.1 Å². The molecule has 16 nitrogen and oxygen atoms in total. The Morgan fingerprint density at radius 1 is 0.167 bits per heavy atom. The fourth-order valence-corrected chi connectivity index (χ4v) is 20.5. The number of hydrogen-bond donors (Lipinski definition) is 0. The number of aromatic nitrogens is 13. The maximum atomic E-state index is 6.81. The Hall–Kier alpha value is -19.8. The van der Waals surface area contributed by atoms with E-state index >= 15 is 0 Å². The zero-order chi connectivity index (χ0) is 95.1. The normalized spacial score (nSPS) is 11.6. The number of rotatable bonds is 14. The lowest BCUT2D eigenvalue weighted by Crippen LogP contribution is -2.01. The molecule has 0 amide bonds. The summed E-state index contributed by atoms with van der Waals surface area (Å²) in [4.78, 5) is 49.9. The summed E-state index contributed by atoms with van der Waals surface area (Å²) in [5.41, 5.74) is 27.1. The van der Waals surface area contributed by atoms with Crippen LogP contribution in [0.25, 0.3) is 273 Å². The molecular weight excluding hydrogens is 1770 g/mol. The summed E-state index contributed by atoms with van der Waals surface area (Å²) in [6, 6.07) is 162. The van der Waals surface area contributed by atoms with Crippen LogP contribution in [0.3, 0.4) is 0 Å². The van der Waals surface area contributed by atoms with Gasteiger partial charge in [-0.25, -0.2) is 44.9 Å². The SMILES string of the molecule is c1ccc(-c2ccc(-c3nc(-c4ccccc4)nc(-c4cccc5oc6c(ccc7c8ccccc8n(-c8ccccc8)c76)c45)n3)cc2)cc1.c1ccc(-c2cccc(-c3nc(-c4ccccn4)nc(-c4cccc5oc6c(ccc7c8ccccc8n(-c8ccccc8)c76)c45)n3)c2)cc1.c1ccc(-c2nc(-c3ccccc3)nc(-c3cccc4oc5c(ccc6c7ccccc7n(-c7ccccc7)c65)c34)n2)cc1. The molecule has 0 aliphatic rings. The Morgan fingerprint density at radius 3 is 0.785 bits per heavy atom. The number of hydrogen-bond acceptors (Lipinski definition) is 13. The van der Waals surface area contributed by atoms with Crippen LogP contribution in [0.2, 0.25) is 0 Å². The Morgan fingerprint density at radius 2 is 0.424 bits per heavy atom. The predicted octanol–water partition coefficient (Wildman–Crippen LogP) is 32.3. The van der Waals surface area contributed by atoms with Crippen molar-refractivity contribution in [3.05, 3.63) is 479 Å². The molecule has 144 heavy (non-hydrogen) atoms. The maximum Gasteiger partial charge on any atom is 0.182 e. The van der Waals surface area contributed by atoms with Gasteiger partial charge >= 0.3 is 0 Å². The fourth-order valence-electron chi connectivity index (χ4n) is 20.5. The van der Waals surface area contributed by atoms with Gasteiger partial charge in [-0.3, -0.25) is 4.98 Å². The Balaban J connectivity index is 0.000000108. The fraction of sp³-hybridized carbons (Fsp3) is 0. The monoisotopic (exact) mass is 1850 g/mol. The van der Waals surface area contributed by atoms with Gasteiger partial charge in [-0.1, -0.05) is 364 Å². The molecule has 0 aliphatic carbocycles. The zero-order valence-corrected chi connectivity index (χ0v) is 77.1. The molecule has 0 bridgehead atoms. The second-order valence-electron chi connectivity index (χ2n) is 35.5. The van der Waals surface area contributed by atoms with E-state index in [9.17, 15) is 0 Å². The van der Waals surface area contributed by atoms with Gasteiger partial charge in [0.15, 0.2) is 69.2 Å². The minimum atomic E-state index is 0.507. The van der Waals surface area contributed by atoms with E-state index in [2.05, 4.69) is 292 Å². The van der Waals surface area contributed by atoms with Crippen molar-refractivity contribution in [3.63, 3.8) is 0 Å². The molecular formula is C128H79N13O3. The molecule has 10 heterocycles. The topological polar surface area (TPSA) is 183 Å². The molecule has 0 radical (unpaired) electrons. The Kier molecular flexibility index (Phi) is 20.5. The van der Waals surface area contributed by atoms with Gasteiger partial charge in [-0.2, -0.15) is 0 Å². The summed E-state index contributed by atoms with van der Waals surface area (Å²) >= 11 is 0. The lowest BCUT2D eigenvalue weighted by atomic mass is 10.0. The first-order chi connectivity index (χ1) is 71.4. The van der Waals surface area contributed by atoms with E-state index in [1.807, 2.05) is 200 Å². The summed E-state index contributed by atoms with van der Waals surface area (Å²) in [6.07, 6.45) is 1.76. The molecule has 0 aliphatic heterocycles. The van der Waals surface area contributed by atoms with Gasteiger partial charge in [0, 0.05) is 132 Å². The third-order valence-corrected chi connectivity index (χ3v) is 27.0. The van der Waals surface area contributed by atoms with E-state index in [-0.39, 0.29) is 0 Å². The highest BCUT2D eigenvalue weighted by Gasteiger charge is 2.29. The quantitative estimate of drug-likeness (QED) is 0.100. The van der Waals surface area contributed by atoms with Gasteiger partial charge < -0.3 is 27.0 Å². The van der Waals surface area contributed by atoms with Crippen LogP contribution in [0.4, 0.5) is 0 Å². The van der Waals surface area contributed by atoms with Crippen LogP contribution in [-0.2, 0) is 0 Å². The highest BCUT2D eigenvalue weighted by molar-refractivity contribution is 6.27. The molecule has 0 unspecified atom stereocenters. The number of pyridine rings is 1. The molecule has 0 fully saturated rings. The van der Waals surface area contributed by atoms with Crippen LogP contribution in [-0.4, -0.2) is 63.5 Å². The molecule has 0 saturated carbocycles. The van der Waals surface area contributed by atoms with Crippen molar-refractivity contribution >= 4 is 131 Å². The van der Waals surface area contributed by atoms with E-state index in [4.69, 9.17) is 58.1 Å². The van der Waals surface area contributed by atoms with Crippen LogP contribution >= 0.6 is 0 Å². The summed E-state index contributed by atoms with van der Waals surface area (Å²) in [5.74, 6) is 5.33. The lowest BCUT2D eigenvalue weighted by molar-refractivity contribution is 0.671. The van der Waals surface area contributed by atoms with Gasteiger partial charge in [0.1, 0.15) is 22.4 Å². The summed E-state index contributed by atoms with van der Waals surface area (Å²) < 4.78 is 27.3. The molecule has 29 rings (SSSR count). The number of furan rings is 3. The van der Waals surface area contributed by atoms with Gasteiger partial charge in [0.2, 0.25) is 0 Å². The minimum Gasteiger partial charge on any atom is -0.454 e. The number of fused-ring (bicyclic) bond motifs is 21. The Labute approximate surface area is 823 Å². The maximum absolute atomic E-state index is 6.81. The van der Waals surface area contributed by atoms with Crippen LogP contribution in [0.15, 0.2) is 493 Å². The highest BCUT2D eigenvalue weighted by atomic mass is 16.3. The van der Waals surface area contributed by atoms with Crippen molar-refractivity contribution in [2.75, 3.05) is 0 Å². The molecule has 0 N–H and O–H groups in total. The van der Waals surface area contributed by atoms with Crippen LogP contribution in [0, 0.1) is 0 Å².